The molecule has 0 aromatic heterocycles. The van der Waals surface area contributed by atoms with E-state index in [1.807, 2.05) is 68.5 Å². The number of carbonyl (C=O) groups is 1. The van der Waals surface area contributed by atoms with Gasteiger partial charge in [-0.25, -0.2) is 0 Å². The van der Waals surface area contributed by atoms with Crippen molar-refractivity contribution in [3.63, 3.8) is 0 Å². The molecule has 0 amide bonds. The van der Waals surface area contributed by atoms with Gasteiger partial charge in [-0.1, -0.05) is 66.1 Å². The Kier molecular flexibility index (Phi) is 5.50. The summed E-state index contributed by atoms with van der Waals surface area (Å²) < 4.78 is 0. The first-order valence-corrected chi connectivity index (χ1v) is 9.08. The number of hydrogen-bond donors (Lipinski definition) is 1. The molecule has 3 rings (SSSR count). The first kappa shape index (κ1) is 17.6. The minimum absolute atomic E-state index is 0.00767. The topological polar surface area (TPSA) is 37.3 Å². The maximum Gasteiger partial charge on any atom is 0.166 e. The van der Waals surface area contributed by atoms with Gasteiger partial charge in [-0.05, 0) is 50.3 Å². The highest BCUT2D eigenvalue weighted by Crippen LogP contribution is 2.37. The first-order chi connectivity index (χ1) is 12.0. The van der Waals surface area contributed by atoms with Crippen LogP contribution in [-0.4, -0.2) is 17.0 Å². The van der Waals surface area contributed by atoms with Crippen molar-refractivity contribution >= 4 is 11.9 Å². The highest BCUT2D eigenvalue weighted by Gasteiger charge is 2.36. The second-order valence-electron chi connectivity index (χ2n) is 7.20. The molecule has 1 fully saturated rings. The molecule has 0 aliphatic heterocycles. The summed E-state index contributed by atoms with van der Waals surface area (Å²) in [6.07, 6.45) is 5.98. The van der Waals surface area contributed by atoms with E-state index >= 15 is 0 Å². The number of hydrogen-bond acceptors (Lipinski definition) is 2. The van der Waals surface area contributed by atoms with E-state index in [0.29, 0.717) is 0 Å². The molecule has 0 bridgehead atoms. The van der Waals surface area contributed by atoms with Gasteiger partial charge in [0.05, 0.1) is 6.10 Å². The second-order valence-corrected chi connectivity index (χ2v) is 7.20. The molecule has 3 atom stereocenters. The summed E-state index contributed by atoms with van der Waals surface area (Å²) in [6.45, 7) is 4.04. The Bertz CT molecular complexity index is 741. The molecule has 0 heterocycles. The Morgan fingerprint density at radius 2 is 1.76 bits per heavy atom. The summed E-state index contributed by atoms with van der Waals surface area (Å²) >= 11 is 0. The lowest BCUT2D eigenvalue weighted by Gasteiger charge is -2.22. The van der Waals surface area contributed by atoms with Crippen LogP contribution in [0.1, 0.15) is 46.3 Å². The van der Waals surface area contributed by atoms with Crippen molar-refractivity contribution in [3.8, 4) is 0 Å². The number of aliphatic hydroxyl groups is 1. The quantitative estimate of drug-likeness (QED) is 0.783. The van der Waals surface area contributed by atoms with Crippen LogP contribution in [0.25, 0.3) is 6.08 Å². The van der Waals surface area contributed by atoms with Gasteiger partial charge in [-0.15, -0.1) is 0 Å². The molecule has 1 saturated carbocycles. The van der Waals surface area contributed by atoms with Crippen LogP contribution in [0.15, 0.2) is 54.6 Å². The molecular formula is C23H26O2. The van der Waals surface area contributed by atoms with Crippen molar-refractivity contribution in [1.29, 1.82) is 0 Å². The lowest BCUT2D eigenvalue weighted by Crippen LogP contribution is -2.28. The summed E-state index contributed by atoms with van der Waals surface area (Å²) in [6, 6.07) is 16.0. The predicted molar refractivity (Wildman–Crippen MR) is 103 cm³/mol. The lowest BCUT2D eigenvalue weighted by molar-refractivity contribution is 0.0778. The predicted octanol–water partition coefficient (Wildman–Crippen LogP) is 4.98. The van der Waals surface area contributed by atoms with Crippen molar-refractivity contribution < 1.29 is 9.90 Å². The van der Waals surface area contributed by atoms with Crippen LogP contribution in [0.3, 0.4) is 0 Å². The number of rotatable bonds is 5. The normalized spacial score (nSPS) is 21.6. The third-order valence-electron chi connectivity index (χ3n) is 5.14. The molecule has 0 unspecified atom stereocenters. The van der Waals surface area contributed by atoms with Crippen molar-refractivity contribution in [1.82, 2.24) is 0 Å². The molecule has 2 aromatic carbocycles. The van der Waals surface area contributed by atoms with E-state index in [-0.39, 0.29) is 17.6 Å². The molecule has 2 aromatic rings. The smallest absolute Gasteiger partial charge is 0.166 e. The van der Waals surface area contributed by atoms with Crippen LogP contribution < -0.4 is 0 Å². The Labute approximate surface area is 150 Å². The van der Waals surface area contributed by atoms with Gasteiger partial charge < -0.3 is 5.11 Å². The van der Waals surface area contributed by atoms with Gasteiger partial charge in [0.2, 0.25) is 0 Å². The van der Waals surface area contributed by atoms with Crippen LogP contribution in [0, 0.1) is 25.7 Å². The largest absolute Gasteiger partial charge is 0.389 e. The van der Waals surface area contributed by atoms with Crippen LogP contribution in [-0.2, 0) is 0 Å². The van der Waals surface area contributed by atoms with Crippen LogP contribution in [0.5, 0.6) is 0 Å². The summed E-state index contributed by atoms with van der Waals surface area (Å²) in [5, 5.41) is 10.6. The summed E-state index contributed by atoms with van der Waals surface area (Å²) in [7, 11) is 0. The Hall–Kier alpha value is -2.19. The number of aryl methyl sites for hydroxylation is 2. The zero-order valence-electron chi connectivity index (χ0n) is 15.0. The molecule has 0 spiro atoms. The Balaban J connectivity index is 1.75. The van der Waals surface area contributed by atoms with Crippen LogP contribution in [0.4, 0.5) is 0 Å². The number of carbonyl (C=O) groups excluding carboxylic acids is 1. The molecule has 0 saturated heterocycles. The minimum atomic E-state index is -0.581. The fourth-order valence-electron chi connectivity index (χ4n) is 3.97. The standard InChI is InChI=1S/C23H26O2/c1-16-13-17(2)15-19(14-16)23(25)21-10-6-9-20(21)22(24)12-11-18-7-4-3-5-8-18/h3-5,7-8,11-15,20-22,24H,6,9-10H2,1-2H3/b12-11+/t20-,21-,22-/m0/s1. The van der Waals surface area contributed by atoms with E-state index in [1.165, 1.54) is 0 Å². The lowest BCUT2D eigenvalue weighted by atomic mass is 9.84. The fraction of sp³-hybridized carbons (Fsp3) is 0.348. The molecule has 25 heavy (non-hydrogen) atoms. The Morgan fingerprint density at radius 3 is 2.44 bits per heavy atom. The number of ketones is 1. The van der Waals surface area contributed by atoms with E-state index < -0.39 is 6.10 Å². The zero-order valence-corrected chi connectivity index (χ0v) is 15.0. The second kappa shape index (κ2) is 7.79. The first-order valence-electron chi connectivity index (χ1n) is 9.08. The zero-order chi connectivity index (χ0) is 17.8. The maximum absolute atomic E-state index is 13.0. The maximum atomic E-state index is 13.0. The molecule has 2 nitrogen and oxygen atoms in total. The molecular weight excluding hydrogens is 308 g/mol. The van der Waals surface area contributed by atoms with E-state index in [2.05, 4.69) is 6.07 Å². The van der Waals surface area contributed by atoms with Gasteiger partial charge in [0.1, 0.15) is 0 Å². The third kappa shape index (κ3) is 4.26. The van der Waals surface area contributed by atoms with E-state index in [1.54, 1.807) is 0 Å². The van der Waals surface area contributed by atoms with E-state index in [4.69, 9.17) is 0 Å². The SMILES string of the molecule is Cc1cc(C)cc(C(=O)[C@H]2CCC[C@@H]2[C@@H](O)/C=C/c2ccccc2)c1. The average Bonchev–Trinajstić information content (AvgIpc) is 3.09. The molecule has 1 aliphatic rings. The minimum Gasteiger partial charge on any atom is -0.389 e. The Morgan fingerprint density at radius 1 is 1.08 bits per heavy atom. The van der Waals surface area contributed by atoms with Crippen molar-refractivity contribution in [2.45, 2.75) is 39.2 Å². The molecule has 1 aliphatic carbocycles. The van der Waals surface area contributed by atoms with Crippen molar-refractivity contribution in [2.75, 3.05) is 0 Å². The number of benzene rings is 2. The van der Waals surface area contributed by atoms with Gasteiger partial charge in [-0.3, -0.25) is 4.79 Å². The summed E-state index contributed by atoms with van der Waals surface area (Å²) in [4.78, 5) is 13.0. The van der Waals surface area contributed by atoms with Crippen molar-refractivity contribution in [3.05, 3.63) is 76.9 Å². The van der Waals surface area contributed by atoms with E-state index in [0.717, 1.165) is 41.5 Å². The monoisotopic (exact) mass is 334 g/mol. The average molecular weight is 334 g/mol. The number of aliphatic hydroxyl groups excluding tert-OH is 1. The van der Waals surface area contributed by atoms with Crippen LogP contribution in [0.2, 0.25) is 0 Å². The van der Waals surface area contributed by atoms with Gasteiger partial charge in [0.25, 0.3) is 0 Å². The summed E-state index contributed by atoms with van der Waals surface area (Å²) in [5.41, 5.74) is 4.08. The highest BCUT2D eigenvalue weighted by molar-refractivity contribution is 5.98. The van der Waals surface area contributed by atoms with Crippen molar-refractivity contribution in [2.24, 2.45) is 11.8 Å². The number of Topliss-reactive ketones (excluding diaryl/α,β-unsaturated/α-hetero) is 1. The molecule has 0 radical (unpaired) electrons. The van der Waals surface area contributed by atoms with Gasteiger partial charge in [0, 0.05) is 11.5 Å². The van der Waals surface area contributed by atoms with Gasteiger partial charge in [-0.2, -0.15) is 0 Å². The molecule has 2 heteroatoms. The molecule has 130 valence electrons. The third-order valence-corrected chi connectivity index (χ3v) is 5.14. The fourth-order valence-corrected chi connectivity index (χ4v) is 3.97. The highest BCUT2D eigenvalue weighted by atomic mass is 16.3. The summed E-state index contributed by atoms with van der Waals surface area (Å²) in [5.74, 6) is 0.103. The van der Waals surface area contributed by atoms with Gasteiger partial charge >= 0.3 is 0 Å². The van der Waals surface area contributed by atoms with E-state index in [9.17, 15) is 9.90 Å². The van der Waals surface area contributed by atoms with Crippen LogP contribution >= 0.6 is 0 Å². The van der Waals surface area contributed by atoms with Gasteiger partial charge in [0.15, 0.2) is 5.78 Å². The molecule has 1 N–H and O–H groups in total.